The average Bonchev–Trinajstić information content (AvgIpc) is 2.79. The molecule has 2 bridgehead atoms. The van der Waals surface area contributed by atoms with Gasteiger partial charge >= 0.3 is 5.97 Å². The normalized spacial score (nSPS) is 10.9. The van der Waals surface area contributed by atoms with Crippen molar-refractivity contribution in [2.75, 3.05) is 6.61 Å². The van der Waals surface area contributed by atoms with Crippen LogP contribution in [0.3, 0.4) is 0 Å². The SMILES string of the molecule is CCCCOC(=O)c1cc2ccc1o2. The van der Waals surface area contributed by atoms with E-state index in [2.05, 4.69) is 6.92 Å². The molecule has 3 nitrogen and oxygen atoms in total. The predicted molar refractivity (Wildman–Crippen MR) is 52.6 cm³/mol. The lowest BCUT2D eigenvalue weighted by Gasteiger charge is -2.01. The fourth-order valence-corrected chi connectivity index (χ4v) is 1.34. The first-order chi connectivity index (χ1) is 6.81. The molecule has 74 valence electrons. The second-order valence-corrected chi connectivity index (χ2v) is 3.25. The van der Waals surface area contributed by atoms with E-state index in [1.165, 1.54) is 0 Å². The molecule has 0 saturated heterocycles. The van der Waals surface area contributed by atoms with Gasteiger partial charge < -0.3 is 9.15 Å². The highest BCUT2D eigenvalue weighted by Crippen LogP contribution is 2.22. The lowest BCUT2D eigenvalue weighted by atomic mass is 10.2. The Bertz CT molecular complexity index is 416. The molecule has 0 fully saturated rings. The molecule has 0 amide bonds. The van der Waals surface area contributed by atoms with E-state index in [1.54, 1.807) is 12.1 Å². The van der Waals surface area contributed by atoms with Crippen molar-refractivity contribution in [1.82, 2.24) is 0 Å². The highest BCUT2D eigenvalue weighted by Gasteiger charge is 2.15. The van der Waals surface area contributed by atoms with E-state index in [4.69, 9.17) is 9.15 Å². The molecule has 0 N–H and O–H groups in total. The van der Waals surface area contributed by atoms with Crippen molar-refractivity contribution < 1.29 is 13.9 Å². The Kier molecular flexibility index (Phi) is 2.39. The number of hydrogen-bond acceptors (Lipinski definition) is 3. The fraction of sp³-hybridized carbons (Fsp3) is 0.364. The molecular formula is C11H12O3. The first kappa shape index (κ1) is 9.06. The maximum Gasteiger partial charge on any atom is 0.342 e. The van der Waals surface area contributed by atoms with E-state index in [0.29, 0.717) is 17.8 Å². The van der Waals surface area contributed by atoms with E-state index in [9.17, 15) is 4.79 Å². The molecule has 2 rings (SSSR count). The molecule has 14 heavy (non-hydrogen) atoms. The molecule has 2 aromatic rings. The number of benzene rings is 1. The Morgan fingerprint density at radius 2 is 2.36 bits per heavy atom. The first-order valence-electron chi connectivity index (χ1n) is 4.80. The first-order valence-corrected chi connectivity index (χ1v) is 4.80. The number of carbonyl (C=O) groups excluding carboxylic acids is 1. The second kappa shape index (κ2) is 3.70. The molecule has 0 atom stereocenters. The number of esters is 1. The molecule has 2 heterocycles. The zero-order valence-corrected chi connectivity index (χ0v) is 8.08. The lowest BCUT2D eigenvalue weighted by Crippen LogP contribution is -2.05. The zero-order valence-electron chi connectivity index (χ0n) is 8.08. The van der Waals surface area contributed by atoms with Gasteiger partial charge in [0.05, 0.1) is 6.61 Å². The van der Waals surface area contributed by atoms with Crippen LogP contribution < -0.4 is 0 Å². The Labute approximate surface area is 82.0 Å². The van der Waals surface area contributed by atoms with Crippen molar-refractivity contribution in [3.63, 3.8) is 0 Å². The largest absolute Gasteiger partial charge is 0.462 e. The van der Waals surface area contributed by atoms with Gasteiger partial charge in [0.2, 0.25) is 0 Å². The summed E-state index contributed by atoms with van der Waals surface area (Å²) in [4.78, 5) is 11.5. The molecular weight excluding hydrogens is 180 g/mol. The molecule has 3 heteroatoms. The number of ether oxygens (including phenoxy) is 1. The van der Waals surface area contributed by atoms with Crippen LogP contribution in [0.25, 0.3) is 11.2 Å². The molecule has 0 saturated carbocycles. The van der Waals surface area contributed by atoms with Gasteiger partial charge in [0.15, 0.2) is 0 Å². The smallest absolute Gasteiger partial charge is 0.342 e. The molecule has 0 aliphatic carbocycles. The van der Waals surface area contributed by atoms with Gasteiger partial charge in [0, 0.05) is 0 Å². The highest BCUT2D eigenvalue weighted by molar-refractivity contribution is 5.99. The van der Waals surface area contributed by atoms with Gasteiger partial charge in [-0.05, 0) is 24.6 Å². The predicted octanol–water partition coefficient (Wildman–Crippen LogP) is 2.83. The zero-order chi connectivity index (χ0) is 9.97. The average molecular weight is 192 g/mol. The third-order valence-electron chi connectivity index (χ3n) is 2.13. The Morgan fingerprint density at radius 1 is 1.50 bits per heavy atom. The Morgan fingerprint density at radius 3 is 2.93 bits per heavy atom. The number of hydrogen-bond donors (Lipinski definition) is 0. The summed E-state index contributed by atoms with van der Waals surface area (Å²) in [5, 5.41) is 0. The number of rotatable bonds is 4. The van der Waals surface area contributed by atoms with Crippen molar-refractivity contribution in [3.8, 4) is 0 Å². The topological polar surface area (TPSA) is 39.4 Å². The van der Waals surface area contributed by atoms with Crippen LogP contribution in [0.1, 0.15) is 30.1 Å². The minimum atomic E-state index is -0.284. The van der Waals surface area contributed by atoms with Crippen LogP contribution in [0, 0.1) is 0 Å². The third kappa shape index (κ3) is 1.58. The summed E-state index contributed by atoms with van der Waals surface area (Å²) in [7, 11) is 0. The van der Waals surface area contributed by atoms with Gasteiger partial charge in [-0.3, -0.25) is 0 Å². The standard InChI is InChI=1S/C11H12O3/c1-2-3-6-13-11(12)9-7-8-4-5-10(9)14-8/h4-5,7H,2-3,6H2,1H3. The summed E-state index contributed by atoms with van der Waals surface area (Å²) in [6, 6.07) is 5.33. The molecule has 2 aromatic heterocycles. The van der Waals surface area contributed by atoms with Crippen molar-refractivity contribution in [2.45, 2.75) is 19.8 Å². The minimum Gasteiger partial charge on any atom is -0.462 e. The lowest BCUT2D eigenvalue weighted by molar-refractivity contribution is 0.0502. The summed E-state index contributed by atoms with van der Waals surface area (Å²) >= 11 is 0. The molecule has 0 spiro atoms. The quantitative estimate of drug-likeness (QED) is 0.552. The maximum absolute atomic E-state index is 11.5. The number of fused-ring (bicyclic) bond motifs is 2. The molecule has 0 radical (unpaired) electrons. The number of unbranched alkanes of at least 4 members (excludes halogenated alkanes) is 1. The van der Waals surface area contributed by atoms with Gasteiger partial charge in [0.1, 0.15) is 16.7 Å². The third-order valence-corrected chi connectivity index (χ3v) is 2.13. The van der Waals surface area contributed by atoms with Crippen LogP contribution in [-0.2, 0) is 4.74 Å². The highest BCUT2D eigenvalue weighted by atomic mass is 16.5. The minimum absolute atomic E-state index is 0.284. The van der Waals surface area contributed by atoms with Crippen molar-refractivity contribution >= 4 is 17.1 Å². The Balaban J connectivity index is 2.01. The van der Waals surface area contributed by atoms with E-state index in [-0.39, 0.29) is 5.97 Å². The van der Waals surface area contributed by atoms with Crippen LogP contribution in [-0.4, -0.2) is 12.6 Å². The van der Waals surface area contributed by atoms with Gasteiger partial charge in [-0.2, -0.15) is 0 Å². The van der Waals surface area contributed by atoms with Crippen molar-refractivity contribution in [1.29, 1.82) is 0 Å². The molecule has 0 aromatic carbocycles. The molecule has 0 unspecified atom stereocenters. The van der Waals surface area contributed by atoms with Crippen molar-refractivity contribution in [2.24, 2.45) is 0 Å². The Hall–Kier alpha value is -1.51. The van der Waals surface area contributed by atoms with Crippen LogP contribution in [0.2, 0.25) is 0 Å². The summed E-state index contributed by atoms with van der Waals surface area (Å²) in [5.41, 5.74) is 1.88. The molecule has 0 aliphatic heterocycles. The summed E-state index contributed by atoms with van der Waals surface area (Å²) in [6.45, 7) is 2.54. The maximum atomic E-state index is 11.5. The summed E-state index contributed by atoms with van der Waals surface area (Å²) in [6.07, 6.45) is 1.93. The summed E-state index contributed by atoms with van der Waals surface area (Å²) in [5.74, 6) is -0.284. The van der Waals surface area contributed by atoms with Crippen LogP contribution in [0.5, 0.6) is 0 Å². The second-order valence-electron chi connectivity index (χ2n) is 3.25. The van der Waals surface area contributed by atoms with Gasteiger partial charge in [-0.15, -0.1) is 0 Å². The van der Waals surface area contributed by atoms with Gasteiger partial charge in [0.25, 0.3) is 0 Å². The van der Waals surface area contributed by atoms with Crippen LogP contribution in [0.4, 0.5) is 0 Å². The van der Waals surface area contributed by atoms with E-state index in [1.807, 2.05) is 6.07 Å². The van der Waals surface area contributed by atoms with Crippen LogP contribution >= 0.6 is 0 Å². The van der Waals surface area contributed by atoms with Gasteiger partial charge in [-0.1, -0.05) is 13.3 Å². The monoisotopic (exact) mass is 192 g/mol. The number of carbonyl (C=O) groups is 1. The number of furan rings is 2. The van der Waals surface area contributed by atoms with E-state index < -0.39 is 0 Å². The summed E-state index contributed by atoms with van der Waals surface area (Å²) < 4.78 is 10.3. The van der Waals surface area contributed by atoms with E-state index >= 15 is 0 Å². The van der Waals surface area contributed by atoms with Crippen molar-refractivity contribution in [3.05, 3.63) is 23.8 Å². The van der Waals surface area contributed by atoms with E-state index in [0.717, 1.165) is 18.4 Å². The van der Waals surface area contributed by atoms with Gasteiger partial charge in [-0.25, -0.2) is 4.79 Å². The fourth-order valence-electron chi connectivity index (χ4n) is 1.34. The molecule has 0 aliphatic rings. The van der Waals surface area contributed by atoms with Crippen LogP contribution in [0.15, 0.2) is 22.6 Å².